The molecular weight excluding hydrogens is 288 g/mol. The molecule has 2 aliphatic heterocycles. The van der Waals surface area contributed by atoms with Gasteiger partial charge in [0.05, 0.1) is 0 Å². The first-order chi connectivity index (χ1) is 9.79. The van der Waals surface area contributed by atoms with E-state index in [-0.39, 0.29) is 5.41 Å². The third-order valence-corrected chi connectivity index (χ3v) is 5.83. The molecule has 1 aromatic rings. The van der Waals surface area contributed by atoms with Crippen molar-refractivity contribution in [2.45, 2.75) is 31.1 Å². The first-order valence-electron chi connectivity index (χ1n) is 7.25. The van der Waals surface area contributed by atoms with Crippen LogP contribution < -0.4 is 0 Å². The molecule has 0 bridgehead atoms. The summed E-state index contributed by atoms with van der Waals surface area (Å²) in [6, 6.07) is 8.44. The maximum absolute atomic E-state index is 6.05. The van der Waals surface area contributed by atoms with Crippen LogP contribution in [0, 0.1) is 0 Å². The molecule has 0 aromatic heterocycles. The van der Waals surface area contributed by atoms with Crippen LogP contribution in [-0.2, 0) is 5.41 Å². The van der Waals surface area contributed by atoms with Crippen LogP contribution in [0.15, 0.2) is 40.4 Å². The van der Waals surface area contributed by atoms with Crippen LogP contribution in [0.3, 0.4) is 0 Å². The highest BCUT2D eigenvalue weighted by atomic mass is 35.5. The standard InChI is InChI=1S/C16H17ClN2S/c17-13-5-3-12(4-6-13)16(7-1-8-16)14-11-20-15-18-9-2-10-19(14)15/h3-6,11H,1-2,7-10H2. The van der Waals surface area contributed by atoms with E-state index in [9.17, 15) is 0 Å². The summed E-state index contributed by atoms with van der Waals surface area (Å²) in [5.41, 5.74) is 3.08. The lowest BCUT2D eigenvalue weighted by Gasteiger charge is -2.47. The second kappa shape index (κ2) is 4.81. The van der Waals surface area contributed by atoms with E-state index in [4.69, 9.17) is 11.6 Å². The van der Waals surface area contributed by atoms with E-state index in [2.05, 4.69) is 27.4 Å². The van der Waals surface area contributed by atoms with Crippen molar-refractivity contribution in [3.8, 4) is 0 Å². The zero-order chi connectivity index (χ0) is 13.6. The Morgan fingerprint density at radius 3 is 2.65 bits per heavy atom. The van der Waals surface area contributed by atoms with Gasteiger partial charge in [0, 0.05) is 29.2 Å². The van der Waals surface area contributed by atoms with Crippen LogP contribution >= 0.6 is 23.4 Å². The summed E-state index contributed by atoms with van der Waals surface area (Å²) in [4.78, 5) is 7.10. The molecule has 0 spiro atoms. The predicted octanol–water partition coefficient (Wildman–Crippen LogP) is 4.41. The van der Waals surface area contributed by atoms with Crippen molar-refractivity contribution in [3.05, 3.63) is 46.0 Å². The highest BCUT2D eigenvalue weighted by molar-refractivity contribution is 8.16. The van der Waals surface area contributed by atoms with E-state index in [1.807, 2.05) is 12.1 Å². The lowest BCUT2D eigenvalue weighted by molar-refractivity contribution is 0.245. The van der Waals surface area contributed by atoms with Crippen molar-refractivity contribution in [2.75, 3.05) is 13.1 Å². The van der Waals surface area contributed by atoms with Gasteiger partial charge in [0.15, 0.2) is 5.17 Å². The minimum absolute atomic E-state index is 0.201. The Morgan fingerprint density at radius 1 is 1.15 bits per heavy atom. The molecule has 1 aliphatic carbocycles. The molecule has 104 valence electrons. The fraction of sp³-hybridized carbons (Fsp3) is 0.438. The fourth-order valence-electron chi connectivity index (χ4n) is 3.44. The van der Waals surface area contributed by atoms with Crippen LogP contribution in [0.25, 0.3) is 0 Å². The number of nitrogens with zero attached hydrogens (tertiary/aromatic N) is 2. The number of benzene rings is 1. The van der Waals surface area contributed by atoms with E-state index in [1.165, 1.54) is 35.7 Å². The quantitative estimate of drug-likeness (QED) is 0.804. The molecule has 4 heteroatoms. The van der Waals surface area contributed by atoms with Crippen LogP contribution in [0.2, 0.25) is 5.02 Å². The minimum atomic E-state index is 0.201. The van der Waals surface area contributed by atoms with Crippen LogP contribution in [0.5, 0.6) is 0 Å². The van der Waals surface area contributed by atoms with Crippen molar-refractivity contribution in [3.63, 3.8) is 0 Å². The van der Waals surface area contributed by atoms with Crippen molar-refractivity contribution in [2.24, 2.45) is 4.99 Å². The third-order valence-electron chi connectivity index (χ3n) is 4.68. The highest BCUT2D eigenvalue weighted by Crippen LogP contribution is 2.53. The van der Waals surface area contributed by atoms with Crippen LogP contribution in [-0.4, -0.2) is 23.2 Å². The number of fused-ring (bicyclic) bond motifs is 1. The Labute approximate surface area is 128 Å². The average molecular weight is 305 g/mol. The lowest BCUT2D eigenvalue weighted by atomic mass is 9.62. The maximum atomic E-state index is 6.05. The second-order valence-electron chi connectivity index (χ2n) is 5.73. The molecule has 20 heavy (non-hydrogen) atoms. The number of hydrogen-bond donors (Lipinski definition) is 0. The molecule has 0 amide bonds. The molecule has 4 rings (SSSR count). The molecular formula is C16H17ClN2S. The topological polar surface area (TPSA) is 15.6 Å². The largest absolute Gasteiger partial charge is 0.323 e. The molecule has 1 aromatic carbocycles. The van der Waals surface area contributed by atoms with Gasteiger partial charge < -0.3 is 4.90 Å². The molecule has 0 atom stereocenters. The summed E-state index contributed by atoms with van der Waals surface area (Å²) in [6.07, 6.45) is 4.96. The van der Waals surface area contributed by atoms with E-state index >= 15 is 0 Å². The van der Waals surface area contributed by atoms with Gasteiger partial charge in [0.25, 0.3) is 0 Å². The van der Waals surface area contributed by atoms with Gasteiger partial charge in [-0.2, -0.15) is 0 Å². The number of hydrogen-bond acceptors (Lipinski definition) is 3. The SMILES string of the molecule is Clc1ccc(C2(C3=CSC4=NCCCN34)CCC2)cc1. The lowest BCUT2D eigenvalue weighted by Crippen LogP contribution is -2.44. The molecule has 1 saturated carbocycles. The van der Waals surface area contributed by atoms with Gasteiger partial charge in [-0.1, -0.05) is 41.9 Å². The minimum Gasteiger partial charge on any atom is -0.323 e. The van der Waals surface area contributed by atoms with Gasteiger partial charge in [0.2, 0.25) is 0 Å². The summed E-state index contributed by atoms with van der Waals surface area (Å²) in [5, 5.41) is 4.35. The van der Waals surface area contributed by atoms with Crippen molar-refractivity contribution in [1.29, 1.82) is 0 Å². The summed E-state index contributed by atoms with van der Waals surface area (Å²) >= 11 is 7.84. The fourth-order valence-corrected chi connectivity index (χ4v) is 4.62. The predicted molar refractivity (Wildman–Crippen MR) is 86.3 cm³/mol. The Morgan fingerprint density at radius 2 is 1.95 bits per heavy atom. The van der Waals surface area contributed by atoms with Crippen LogP contribution in [0.4, 0.5) is 0 Å². The average Bonchev–Trinajstić information content (AvgIpc) is 2.84. The molecule has 0 saturated heterocycles. The molecule has 2 nitrogen and oxygen atoms in total. The number of aliphatic imine (C=N–C) groups is 1. The summed E-state index contributed by atoms with van der Waals surface area (Å²) < 4.78 is 0. The van der Waals surface area contributed by atoms with Crippen molar-refractivity contribution >= 4 is 28.5 Å². The Bertz CT molecular complexity index is 587. The normalized spacial score (nSPS) is 23.8. The molecule has 0 radical (unpaired) electrons. The van der Waals surface area contributed by atoms with Gasteiger partial charge in [-0.15, -0.1) is 0 Å². The Kier molecular flexibility index (Phi) is 3.08. The molecule has 3 aliphatic rings. The molecule has 0 unspecified atom stereocenters. The van der Waals surface area contributed by atoms with Crippen molar-refractivity contribution in [1.82, 2.24) is 4.90 Å². The molecule has 1 fully saturated rings. The number of rotatable bonds is 2. The van der Waals surface area contributed by atoms with Crippen LogP contribution in [0.1, 0.15) is 31.2 Å². The van der Waals surface area contributed by atoms with E-state index in [0.29, 0.717) is 0 Å². The molecule has 0 N–H and O–H groups in total. The van der Waals surface area contributed by atoms with E-state index < -0.39 is 0 Å². The summed E-state index contributed by atoms with van der Waals surface area (Å²) in [5.74, 6) is 0. The van der Waals surface area contributed by atoms with Crippen molar-refractivity contribution < 1.29 is 0 Å². The first kappa shape index (κ1) is 12.8. The van der Waals surface area contributed by atoms with Gasteiger partial charge >= 0.3 is 0 Å². The highest BCUT2D eigenvalue weighted by Gasteiger charge is 2.47. The van der Waals surface area contributed by atoms with Gasteiger partial charge in [-0.3, -0.25) is 4.99 Å². The maximum Gasteiger partial charge on any atom is 0.167 e. The summed E-state index contributed by atoms with van der Waals surface area (Å²) in [7, 11) is 0. The van der Waals surface area contributed by atoms with E-state index in [0.717, 1.165) is 24.5 Å². The Hall–Kier alpha value is -0.930. The summed E-state index contributed by atoms with van der Waals surface area (Å²) in [6.45, 7) is 2.10. The monoisotopic (exact) mass is 304 g/mol. The zero-order valence-electron chi connectivity index (χ0n) is 11.3. The van der Waals surface area contributed by atoms with Gasteiger partial charge in [-0.05, 0) is 42.4 Å². The zero-order valence-corrected chi connectivity index (χ0v) is 12.9. The Balaban J connectivity index is 1.73. The third kappa shape index (κ3) is 1.83. The number of thioether (sulfide) groups is 1. The number of halogens is 1. The van der Waals surface area contributed by atoms with Gasteiger partial charge in [0.1, 0.15) is 0 Å². The second-order valence-corrected chi connectivity index (χ2v) is 7.01. The molecule has 2 heterocycles. The first-order valence-corrected chi connectivity index (χ1v) is 8.51. The number of amidine groups is 1. The number of allylic oxidation sites excluding steroid dienone is 1. The van der Waals surface area contributed by atoms with Gasteiger partial charge in [-0.25, -0.2) is 0 Å². The van der Waals surface area contributed by atoms with E-state index in [1.54, 1.807) is 11.8 Å². The smallest absolute Gasteiger partial charge is 0.167 e.